The molecule has 0 saturated heterocycles. The fraction of sp³-hybridized carbons (Fsp3) is 0. The van der Waals surface area contributed by atoms with E-state index < -0.39 is 5.78 Å². The third-order valence-electron chi connectivity index (χ3n) is 3.17. The van der Waals surface area contributed by atoms with Gasteiger partial charge >= 0.3 is 0 Å². The van der Waals surface area contributed by atoms with Gasteiger partial charge in [-0.3, -0.25) is 9.59 Å². The molecule has 5 heteroatoms. The lowest BCUT2D eigenvalue weighted by Crippen LogP contribution is -2.21. The molecule has 0 unspecified atom stereocenters. The summed E-state index contributed by atoms with van der Waals surface area (Å²) in [6.45, 7) is 0. The number of ether oxygens (including phenoxy) is 1. The number of nitrogens with zero attached hydrogens (tertiary/aromatic N) is 1. The van der Waals surface area contributed by atoms with Gasteiger partial charge in [0.25, 0.3) is 6.26 Å². The number of phenols is 1. The molecule has 2 aromatic rings. The Morgan fingerprint density at radius 2 is 1.60 bits per heavy atom. The van der Waals surface area contributed by atoms with E-state index in [4.69, 9.17) is 5.26 Å². The number of carbonyl (C=O) groups is 2. The van der Waals surface area contributed by atoms with Crippen LogP contribution in [0.15, 0.2) is 36.4 Å². The van der Waals surface area contributed by atoms with Crippen LogP contribution in [-0.4, -0.2) is 16.7 Å². The van der Waals surface area contributed by atoms with Gasteiger partial charge < -0.3 is 9.84 Å². The molecule has 0 heterocycles. The summed E-state index contributed by atoms with van der Waals surface area (Å²) in [7, 11) is 0. The van der Waals surface area contributed by atoms with Crippen LogP contribution >= 0.6 is 0 Å². The number of aromatic hydroxyl groups is 1. The predicted molar refractivity (Wildman–Crippen MR) is 67.7 cm³/mol. The molecular formula is C15H7NO4. The first-order chi connectivity index (χ1) is 9.65. The lowest BCUT2D eigenvalue weighted by atomic mass is 9.83. The molecule has 96 valence electrons. The molecule has 3 rings (SSSR count). The number of rotatable bonds is 1. The molecule has 0 amide bonds. The second-order valence-electron chi connectivity index (χ2n) is 4.23. The van der Waals surface area contributed by atoms with Gasteiger partial charge in [-0.1, -0.05) is 24.3 Å². The van der Waals surface area contributed by atoms with Crippen LogP contribution in [0.4, 0.5) is 0 Å². The predicted octanol–water partition coefficient (Wildman–Crippen LogP) is 2.03. The molecule has 2 aromatic carbocycles. The zero-order valence-electron chi connectivity index (χ0n) is 10.1. The monoisotopic (exact) mass is 265 g/mol. The van der Waals surface area contributed by atoms with E-state index in [0.717, 1.165) is 0 Å². The molecule has 0 bridgehead atoms. The molecule has 0 spiro atoms. The number of ketones is 2. The molecule has 1 N–H and O–H groups in total. The van der Waals surface area contributed by atoms with Crippen molar-refractivity contribution >= 4 is 11.6 Å². The number of nitriles is 1. The summed E-state index contributed by atoms with van der Waals surface area (Å²) >= 11 is 0. The van der Waals surface area contributed by atoms with Crippen LogP contribution in [0, 0.1) is 11.5 Å². The second-order valence-corrected chi connectivity index (χ2v) is 4.23. The summed E-state index contributed by atoms with van der Waals surface area (Å²) in [6, 6.07) is 8.98. The minimum Gasteiger partial charge on any atom is -0.504 e. The summed E-state index contributed by atoms with van der Waals surface area (Å²) in [6.07, 6.45) is 1.41. The molecular weight excluding hydrogens is 258 g/mol. The van der Waals surface area contributed by atoms with Crippen LogP contribution in [-0.2, 0) is 0 Å². The zero-order chi connectivity index (χ0) is 14.3. The molecule has 0 fully saturated rings. The van der Waals surface area contributed by atoms with Gasteiger partial charge in [0, 0.05) is 16.7 Å². The van der Waals surface area contributed by atoms with Crippen LogP contribution < -0.4 is 4.74 Å². The second kappa shape index (κ2) is 4.21. The highest BCUT2D eigenvalue weighted by molar-refractivity contribution is 6.29. The van der Waals surface area contributed by atoms with E-state index in [9.17, 15) is 14.7 Å². The molecule has 5 nitrogen and oxygen atoms in total. The topological polar surface area (TPSA) is 87.4 Å². The maximum Gasteiger partial charge on any atom is 0.292 e. The molecule has 1 aliphatic carbocycles. The Hall–Kier alpha value is -3.13. The van der Waals surface area contributed by atoms with Crippen molar-refractivity contribution in [2.45, 2.75) is 0 Å². The number of hydrogen-bond acceptors (Lipinski definition) is 5. The van der Waals surface area contributed by atoms with E-state index in [2.05, 4.69) is 4.74 Å². The van der Waals surface area contributed by atoms with Gasteiger partial charge in [0.15, 0.2) is 23.1 Å². The van der Waals surface area contributed by atoms with Gasteiger partial charge in [-0.15, -0.1) is 5.26 Å². The number of phenolic OH excluding ortho intramolecular Hbond substituents is 1. The van der Waals surface area contributed by atoms with Crippen molar-refractivity contribution in [2.75, 3.05) is 0 Å². The molecule has 20 heavy (non-hydrogen) atoms. The fourth-order valence-electron chi connectivity index (χ4n) is 2.29. The Morgan fingerprint density at radius 1 is 0.950 bits per heavy atom. The third-order valence-corrected chi connectivity index (χ3v) is 3.17. The van der Waals surface area contributed by atoms with Crippen molar-refractivity contribution < 1.29 is 19.4 Å². The number of benzene rings is 2. The maximum absolute atomic E-state index is 12.4. The Kier molecular flexibility index (Phi) is 2.51. The Balaban J connectivity index is 2.34. The third kappa shape index (κ3) is 1.49. The van der Waals surface area contributed by atoms with Crippen LogP contribution in [0.3, 0.4) is 0 Å². The first-order valence-corrected chi connectivity index (χ1v) is 5.75. The Morgan fingerprint density at radius 3 is 2.25 bits per heavy atom. The highest BCUT2D eigenvalue weighted by Crippen LogP contribution is 2.38. The average molecular weight is 265 g/mol. The molecule has 0 aromatic heterocycles. The SMILES string of the molecule is N#COc1c(O)ccc2c1C(=O)c1ccccc1C2=O. The summed E-state index contributed by atoms with van der Waals surface area (Å²) < 4.78 is 4.65. The summed E-state index contributed by atoms with van der Waals surface area (Å²) in [5, 5.41) is 18.3. The molecule has 1 aliphatic rings. The van der Waals surface area contributed by atoms with Crippen molar-refractivity contribution in [3.63, 3.8) is 0 Å². The smallest absolute Gasteiger partial charge is 0.292 e. The van der Waals surface area contributed by atoms with Crippen molar-refractivity contribution in [1.29, 1.82) is 5.26 Å². The summed E-state index contributed by atoms with van der Waals surface area (Å²) in [5.41, 5.74) is 0.587. The number of fused-ring (bicyclic) bond motifs is 2. The van der Waals surface area contributed by atoms with Crippen molar-refractivity contribution in [3.8, 4) is 17.8 Å². The van der Waals surface area contributed by atoms with E-state index in [1.54, 1.807) is 18.2 Å². The van der Waals surface area contributed by atoms with Gasteiger partial charge in [-0.2, -0.15) is 0 Å². The highest BCUT2D eigenvalue weighted by atomic mass is 16.5. The van der Waals surface area contributed by atoms with Crippen LogP contribution in [0.25, 0.3) is 0 Å². The van der Waals surface area contributed by atoms with Crippen molar-refractivity contribution in [1.82, 2.24) is 0 Å². The minimum atomic E-state index is -0.448. The van der Waals surface area contributed by atoms with E-state index in [-0.39, 0.29) is 34.0 Å². The lowest BCUT2D eigenvalue weighted by Gasteiger charge is -2.19. The van der Waals surface area contributed by atoms with Gasteiger partial charge in [-0.05, 0) is 12.1 Å². The Labute approximate surface area is 113 Å². The van der Waals surface area contributed by atoms with Gasteiger partial charge in [-0.25, -0.2) is 0 Å². The minimum absolute atomic E-state index is 0.0738. The fourth-order valence-corrected chi connectivity index (χ4v) is 2.29. The highest BCUT2D eigenvalue weighted by Gasteiger charge is 2.33. The summed E-state index contributed by atoms with van der Waals surface area (Å²) in [4.78, 5) is 24.8. The largest absolute Gasteiger partial charge is 0.504 e. The standard InChI is InChI=1S/C15H7NO4/c16-7-20-15-11(17)6-5-10-12(15)14(19)9-4-2-1-3-8(9)13(10)18/h1-6,17H. The van der Waals surface area contributed by atoms with Crippen molar-refractivity contribution in [2.24, 2.45) is 0 Å². The molecule has 0 atom stereocenters. The number of hydrogen-bond donors (Lipinski definition) is 1. The lowest BCUT2D eigenvalue weighted by molar-refractivity contribution is 0.0976. The van der Waals surface area contributed by atoms with Gasteiger partial charge in [0.05, 0.1) is 5.56 Å². The van der Waals surface area contributed by atoms with E-state index >= 15 is 0 Å². The summed E-state index contributed by atoms with van der Waals surface area (Å²) in [5.74, 6) is -1.42. The zero-order valence-corrected chi connectivity index (χ0v) is 10.1. The first kappa shape index (κ1) is 11.9. The van der Waals surface area contributed by atoms with Crippen LogP contribution in [0.1, 0.15) is 31.8 Å². The van der Waals surface area contributed by atoms with Crippen LogP contribution in [0.2, 0.25) is 0 Å². The van der Waals surface area contributed by atoms with Crippen molar-refractivity contribution in [3.05, 3.63) is 58.7 Å². The Bertz CT molecular complexity index is 802. The van der Waals surface area contributed by atoms with E-state index in [1.807, 2.05) is 0 Å². The van der Waals surface area contributed by atoms with E-state index in [0.29, 0.717) is 5.56 Å². The maximum atomic E-state index is 12.4. The normalized spacial score (nSPS) is 12.3. The molecule has 0 saturated carbocycles. The van der Waals surface area contributed by atoms with Gasteiger partial charge in [0.1, 0.15) is 0 Å². The van der Waals surface area contributed by atoms with E-state index in [1.165, 1.54) is 24.5 Å². The van der Waals surface area contributed by atoms with Gasteiger partial charge in [0.2, 0.25) is 0 Å². The molecule has 0 aliphatic heterocycles. The molecule has 0 radical (unpaired) electrons. The average Bonchev–Trinajstić information content (AvgIpc) is 2.47. The van der Waals surface area contributed by atoms with Crippen LogP contribution in [0.5, 0.6) is 11.5 Å². The first-order valence-electron chi connectivity index (χ1n) is 5.75. The number of carbonyl (C=O) groups excluding carboxylic acids is 2. The quantitative estimate of drug-likeness (QED) is 0.680.